The highest BCUT2D eigenvalue weighted by Crippen LogP contribution is 2.26. The Balaban J connectivity index is 1.67. The minimum Gasteiger partial charge on any atom is -0.497 e. The van der Waals surface area contributed by atoms with Crippen molar-refractivity contribution >= 4 is 28.3 Å². The Morgan fingerprint density at radius 1 is 1.07 bits per heavy atom. The van der Waals surface area contributed by atoms with Crippen LogP contribution in [-0.4, -0.2) is 37.4 Å². The summed E-state index contributed by atoms with van der Waals surface area (Å²) >= 11 is 0. The van der Waals surface area contributed by atoms with Crippen molar-refractivity contribution in [3.63, 3.8) is 0 Å². The molecule has 0 saturated heterocycles. The molecule has 1 N–H and O–H groups in total. The van der Waals surface area contributed by atoms with Gasteiger partial charge in [0.2, 0.25) is 11.8 Å². The Bertz CT molecular complexity index is 1050. The highest BCUT2D eigenvalue weighted by atomic mass is 19.1. The fourth-order valence-corrected chi connectivity index (χ4v) is 3.17. The number of benzene rings is 3. The quantitative estimate of drug-likeness (QED) is 0.682. The molecule has 0 heterocycles. The van der Waals surface area contributed by atoms with Gasteiger partial charge in [0.15, 0.2) is 0 Å². The average Bonchev–Trinajstić information content (AvgIpc) is 2.71. The molecule has 0 aliphatic heterocycles. The maximum Gasteiger partial charge on any atom is 0.243 e. The topological polar surface area (TPSA) is 58.6 Å². The lowest BCUT2D eigenvalue weighted by atomic mass is 9.96. The summed E-state index contributed by atoms with van der Waals surface area (Å²) in [6.07, 6.45) is 0. The number of halogens is 1. The van der Waals surface area contributed by atoms with Crippen LogP contribution in [0.1, 0.15) is 18.4 Å². The third-order valence-electron chi connectivity index (χ3n) is 4.81. The number of rotatable bonds is 6. The molecule has 1 atom stereocenters. The zero-order valence-electron chi connectivity index (χ0n) is 16.6. The lowest BCUT2D eigenvalue weighted by Gasteiger charge is -2.21. The third kappa shape index (κ3) is 4.90. The molecule has 0 aliphatic carbocycles. The number of hydrogen-bond acceptors (Lipinski definition) is 3. The molecule has 0 spiro atoms. The van der Waals surface area contributed by atoms with Gasteiger partial charge in [0.25, 0.3) is 0 Å². The summed E-state index contributed by atoms with van der Waals surface area (Å²) in [6.45, 7) is 1.69. The highest BCUT2D eigenvalue weighted by molar-refractivity contribution is 5.95. The van der Waals surface area contributed by atoms with E-state index in [4.69, 9.17) is 4.74 Å². The Kier molecular flexibility index (Phi) is 6.12. The van der Waals surface area contributed by atoms with E-state index in [0.717, 1.165) is 22.1 Å². The number of fused-ring (bicyclic) bond motifs is 1. The molecule has 0 fully saturated rings. The average molecular weight is 394 g/mol. The number of anilines is 1. The Morgan fingerprint density at radius 3 is 2.52 bits per heavy atom. The molecule has 3 aromatic rings. The molecule has 5 nitrogen and oxygen atoms in total. The predicted octanol–water partition coefficient (Wildman–Crippen LogP) is 4.19. The van der Waals surface area contributed by atoms with E-state index in [1.165, 1.54) is 23.1 Å². The number of nitrogens with zero attached hydrogens (tertiary/aromatic N) is 1. The summed E-state index contributed by atoms with van der Waals surface area (Å²) < 4.78 is 18.5. The zero-order valence-corrected chi connectivity index (χ0v) is 16.6. The number of nitrogens with one attached hydrogen (secondary N) is 1. The molecule has 0 aliphatic rings. The van der Waals surface area contributed by atoms with Crippen LogP contribution in [-0.2, 0) is 9.59 Å². The number of carbonyl (C=O) groups is 2. The van der Waals surface area contributed by atoms with Crippen molar-refractivity contribution in [3.05, 3.63) is 72.0 Å². The lowest BCUT2D eigenvalue weighted by Crippen LogP contribution is -2.37. The Hall–Kier alpha value is -3.41. The molecule has 3 aromatic carbocycles. The van der Waals surface area contributed by atoms with Crippen molar-refractivity contribution in [2.24, 2.45) is 0 Å². The second-order valence-corrected chi connectivity index (χ2v) is 6.95. The van der Waals surface area contributed by atoms with Crippen LogP contribution >= 0.6 is 0 Å². The van der Waals surface area contributed by atoms with Gasteiger partial charge in [0.1, 0.15) is 11.6 Å². The fraction of sp³-hybridized carbons (Fsp3) is 0.217. The molecule has 0 unspecified atom stereocenters. The fourth-order valence-electron chi connectivity index (χ4n) is 3.17. The molecule has 0 bridgehead atoms. The summed E-state index contributed by atoms with van der Waals surface area (Å²) in [5, 5.41) is 4.63. The van der Waals surface area contributed by atoms with E-state index >= 15 is 0 Å². The number of likely N-dealkylation sites (N-methyl/N-ethyl adjacent to an activating group) is 1. The molecule has 150 valence electrons. The van der Waals surface area contributed by atoms with E-state index in [2.05, 4.69) is 5.32 Å². The molecule has 0 aromatic heterocycles. The molecule has 0 radical (unpaired) electrons. The van der Waals surface area contributed by atoms with Crippen molar-refractivity contribution < 1.29 is 18.7 Å². The summed E-state index contributed by atoms with van der Waals surface area (Å²) in [7, 11) is 3.20. The molecule has 6 heteroatoms. The van der Waals surface area contributed by atoms with Gasteiger partial charge < -0.3 is 15.0 Å². The first-order valence-corrected chi connectivity index (χ1v) is 9.25. The van der Waals surface area contributed by atoms with Crippen molar-refractivity contribution in [3.8, 4) is 5.75 Å². The maximum absolute atomic E-state index is 13.2. The highest BCUT2D eigenvalue weighted by Gasteiger charge is 2.21. The van der Waals surface area contributed by atoms with Crippen molar-refractivity contribution in [2.75, 3.05) is 26.0 Å². The van der Waals surface area contributed by atoms with Crippen molar-refractivity contribution in [1.82, 2.24) is 4.90 Å². The van der Waals surface area contributed by atoms with E-state index in [1.807, 2.05) is 43.3 Å². The first-order chi connectivity index (χ1) is 13.9. The standard InChI is InChI=1S/C23H23FN2O3/c1-15(16-7-8-18-12-21(29-3)10-9-17(18)11-16)23(28)26(2)14-22(27)25-20-6-4-5-19(24)13-20/h4-13,15H,14H2,1-3H3,(H,25,27)/t15-/m0/s1. The van der Waals surface area contributed by atoms with E-state index in [9.17, 15) is 14.0 Å². The van der Waals surface area contributed by atoms with Crippen LogP contribution in [0.3, 0.4) is 0 Å². The third-order valence-corrected chi connectivity index (χ3v) is 4.81. The molecule has 2 amide bonds. The number of carbonyl (C=O) groups excluding carboxylic acids is 2. The van der Waals surface area contributed by atoms with Crippen LogP contribution in [0.5, 0.6) is 5.75 Å². The van der Waals surface area contributed by atoms with Gasteiger partial charge in [0.05, 0.1) is 19.6 Å². The second-order valence-electron chi connectivity index (χ2n) is 6.95. The van der Waals surface area contributed by atoms with Gasteiger partial charge in [-0.05, 0) is 53.6 Å². The smallest absolute Gasteiger partial charge is 0.243 e. The number of methoxy groups -OCH3 is 1. The lowest BCUT2D eigenvalue weighted by molar-refractivity contribution is -0.134. The summed E-state index contributed by atoms with van der Waals surface area (Å²) in [6, 6.07) is 17.2. The van der Waals surface area contributed by atoms with Gasteiger partial charge in [-0.1, -0.05) is 30.3 Å². The summed E-state index contributed by atoms with van der Waals surface area (Å²) in [4.78, 5) is 26.4. The van der Waals surface area contributed by atoms with Gasteiger partial charge in [-0.3, -0.25) is 9.59 Å². The van der Waals surface area contributed by atoms with Crippen LogP contribution in [0.2, 0.25) is 0 Å². The minimum absolute atomic E-state index is 0.121. The summed E-state index contributed by atoms with van der Waals surface area (Å²) in [5.41, 5.74) is 1.22. The minimum atomic E-state index is -0.435. The maximum atomic E-state index is 13.2. The Labute approximate surface area is 169 Å². The van der Waals surface area contributed by atoms with E-state index in [0.29, 0.717) is 5.69 Å². The van der Waals surface area contributed by atoms with Crippen molar-refractivity contribution in [2.45, 2.75) is 12.8 Å². The van der Waals surface area contributed by atoms with Gasteiger partial charge in [-0.15, -0.1) is 0 Å². The van der Waals surface area contributed by atoms with E-state index < -0.39 is 11.7 Å². The van der Waals surface area contributed by atoms with Crippen molar-refractivity contribution in [1.29, 1.82) is 0 Å². The van der Waals surface area contributed by atoms with E-state index in [1.54, 1.807) is 20.2 Å². The van der Waals surface area contributed by atoms with Gasteiger partial charge in [-0.25, -0.2) is 4.39 Å². The Morgan fingerprint density at radius 2 is 1.79 bits per heavy atom. The largest absolute Gasteiger partial charge is 0.497 e. The van der Waals surface area contributed by atoms with Crippen LogP contribution < -0.4 is 10.1 Å². The number of ether oxygens (including phenoxy) is 1. The monoisotopic (exact) mass is 394 g/mol. The molecule has 0 saturated carbocycles. The van der Waals surface area contributed by atoms with Gasteiger partial charge >= 0.3 is 0 Å². The number of amides is 2. The van der Waals surface area contributed by atoms with Crippen LogP contribution in [0.25, 0.3) is 10.8 Å². The van der Waals surface area contributed by atoms with E-state index in [-0.39, 0.29) is 18.4 Å². The SMILES string of the molecule is COc1ccc2cc([C@H](C)C(=O)N(C)CC(=O)Nc3cccc(F)c3)ccc2c1. The second kappa shape index (κ2) is 8.73. The van der Waals surface area contributed by atoms with Crippen LogP contribution in [0, 0.1) is 5.82 Å². The first-order valence-electron chi connectivity index (χ1n) is 9.25. The van der Waals surface area contributed by atoms with Crippen LogP contribution in [0.4, 0.5) is 10.1 Å². The number of hydrogen-bond donors (Lipinski definition) is 1. The molecular weight excluding hydrogens is 371 g/mol. The molecular formula is C23H23FN2O3. The van der Waals surface area contributed by atoms with Gasteiger partial charge in [0, 0.05) is 12.7 Å². The zero-order chi connectivity index (χ0) is 21.0. The molecule has 29 heavy (non-hydrogen) atoms. The van der Waals surface area contributed by atoms with Gasteiger partial charge in [-0.2, -0.15) is 0 Å². The normalized spacial score (nSPS) is 11.7. The summed E-state index contributed by atoms with van der Waals surface area (Å²) in [5.74, 6) is -0.627. The first kappa shape index (κ1) is 20.3. The predicted molar refractivity (Wildman–Crippen MR) is 112 cm³/mol. The molecule has 3 rings (SSSR count). The van der Waals surface area contributed by atoms with Crippen LogP contribution in [0.15, 0.2) is 60.7 Å².